The molecule has 104 valence electrons. The molecule has 4 nitrogen and oxygen atoms in total. The quantitative estimate of drug-likeness (QED) is 0.513. The number of aliphatic carboxylic acids is 2. The number of carboxylic acids is 2. The summed E-state index contributed by atoms with van der Waals surface area (Å²) in [7, 11) is 0. The Morgan fingerprint density at radius 2 is 1.39 bits per heavy atom. The van der Waals surface area contributed by atoms with E-state index in [0.717, 1.165) is 12.8 Å². The molecular weight excluding hydrogens is 232 g/mol. The van der Waals surface area contributed by atoms with Gasteiger partial charge in [0.25, 0.3) is 0 Å². The third kappa shape index (κ3) is 14.4. The molecule has 0 saturated carbocycles. The average Bonchev–Trinajstić information content (AvgIpc) is 2.29. The second kappa shape index (κ2) is 11.9. The van der Waals surface area contributed by atoms with Gasteiger partial charge in [0.1, 0.15) is 0 Å². The minimum absolute atomic E-state index is 0.176. The predicted molar refractivity (Wildman–Crippen MR) is 72.6 cm³/mol. The minimum atomic E-state index is -0.935. The van der Waals surface area contributed by atoms with Crippen LogP contribution in [0.2, 0.25) is 0 Å². The predicted octanol–water partition coefficient (Wildman–Crippen LogP) is 3.63. The van der Waals surface area contributed by atoms with Crippen molar-refractivity contribution < 1.29 is 19.8 Å². The molecule has 0 aromatic carbocycles. The fraction of sp³-hybridized carbons (Fsp3) is 0.571. The molecule has 4 heteroatoms. The van der Waals surface area contributed by atoms with Crippen molar-refractivity contribution in [2.75, 3.05) is 0 Å². The Bertz CT molecular complexity index is 280. The summed E-state index contributed by atoms with van der Waals surface area (Å²) in [5.74, 6) is -1.79. The second-order valence-electron chi connectivity index (χ2n) is 4.16. The highest BCUT2D eigenvalue weighted by Crippen LogP contribution is 2.09. The molecule has 0 bridgehead atoms. The first-order valence-corrected chi connectivity index (χ1v) is 6.12. The van der Waals surface area contributed by atoms with Crippen LogP contribution in [0.4, 0.5) is 0 Å². The molecule has 2 N–H and O–H groups in total. The van der Waals surface area contributed by atoms with Gasteiger partial charge in [-0.3, -0.25) is 0 Å². The van der Waals surface area contributed by atoms with E-state index in [0.29, 0.717) is 12.0 Å². The van der Waals surface area contributed by atoms with Crippen LogP contribution in [0.1, 0.15) is 52.4 Å². The van der Waals surface area contributed by atoms with E-state index < -0.39 is 11.9 Å². The molecule has 0 aliphatic carbocycles. The Kier molecular flexibility index (Phi) is 12.4. The summed E-state index contributed by atoms with van der Waals surface area (Å²) >= 11 is 0. The van der Waals surface area contributed by atoms with E-state index in [-0.39, 0.29) is 5.57 Å². The van der Waals surface area contributed by atoms with Crippen LogP contribution >= 0.6 is 0 Å². The van der Waals surface area contributed by atoms with Crippen LogP contribution in [0.3, 0.4) is 0 Å². The van der Waals surface area contributed by atoms with E-state index >= 15 is 0 Å². The van der Waals surface area contributed by atoms with Gasteiger partial charge in [-0.15, -0.1) is 0 Å². The lowest BCUT2D eigenvalue weighted by Gasteiger charge is -1.99. The van der Waals surface area contributed by atoms with Gasteiger partial charge in [-0.25, -0.2) is 9.59 Å². The van der Waals surface area contributed by atoms with Crippen LogP contribution < -0.4 is 0 Å². The Balaban J connectivity index is 0. The number of hydrogen-bond donors (Lipinski definition) is 2. The number of carbonyl (C=O) groups is 2. The van der Waals surface area contributed by atoms with Gasteiger partial charge in [0.15, 0.2) is 0 Å². The lowest BCUT2D eigenvalue weighted by molar-refractivity contribution is -0.133. The number of unbranched alkanes of at least 4 members (excludes halogenated alkanes) is 4. The molecule has 18 heavy (non-hydrogen) atoms. The van der Waals surface area contributed by atoms with Crippen molar-refractivity contribution in [2.45, 2.75) is 52.4 Å². The first-order valence-electron chi connectivity index (χ1n) is 6.12. The number of rotatable bonds is 8. The maximum atomic E-state index is 10.3. The average molecular weight is 256 g/mol. The number of carboxylic acid groups (broad SMARTS) is 2. The van der Waals surface area contributed by atoms with Gasteiger partial charge in [-0.05, 0) is 19.8 Å². The third-order valence-electron chi connectivity index (χ3n) is 2.25. The summed E-state index contributed by atoms with van der Waals surface area (Å²) in [6.45, 7) is 10.2. The zero-order valence-electron chi connectivity index (χ0n) is 11.4. The molecule has 0 rings (SSSR count). The SMILES string of the molecule is C=C(C)C(=O)O.C=C(CCCCCCC)C(=O)O. The second-order valence-corrected chi connectivity index (χ2v) is 4.16. The van der Waals surface area contributed by atoms with Crippen LogP contribution in [-0.4, -0.2) is 22.2 Å². The molecule has 0 aromatic heterocycles. The molecule has 0 spiro atoms. The highest BCUT2D eigenvalue weighted by Gasteiger charge is 2.01. The Morgan fingerprint density at radius 1 is 0.944 bits per heavy atom. The summed E-state index contributed by atoms with van der Waals surface area (Å²) in [4.78, 5) is 19.9. The molecular formula is C14H24O4. The van der Waals surface area contributed by atoms with Crippen molar-refractivity contribution in [3.05, 3.63) is 24.3 Å². The van der Waals surface area contributed by atoms with Gasteiger partial charge in [-0.1, -0.05) is 45.8 Å². The van der Waals surface area contributed by atoms with E-state index in [4.69, 9.17) is 10.2 Å². The van der Waals surface area contributed by atoms with Crippen molar-refractivity contribution in [1.82, 2.24) is 0 Å². The summed E-state index contributed by atoms with van der Waals surface area (Å²) in [6.07, 6.45) is 6.41. The monoisotopic (exact) mass is 256 g/mol. The smallest absolute Gasteiger partial charge is 0.330 e. The largest absolute Gasteiger partial charge is 0.478 e. The van der Waals surface area contributed by atoms with Crippen molar-refractivity contribution in [3.8, 4) is 0 Å². The highest BCUT2D eigenvalue weighted by atomic mass is 16.4. The molecule has 0 amide bonds. The van der Waals surface area contributed by atoms with E-state index in [2.05, 4.69) is 20.1 Å². The van der Waals surface area contributed by atoms with Gasteiger partial charge in [0.05, 0.1) is 0 Å². The zero-order chi connectivity index (χ0) is 14.6. The first kappa shape index (κ1) is 18.8. The van der Waals surface area contributed by atoms with E-state index in [9.17, 15) is 9.59 Å². The fourth-order valence-electron chi connectivity index (χ4n) is 1.05. The van der Waals surface area contributed by atoms with Gasteiger partial charge >= 0.3 is 11.9 Å². The maximum Gasteiger partial charge on any atom is 0.330 e. The molecule has 0 heterocycles. The van der Waals surface area contributed by atoms with Crippen LogP contribution in [0.15, 0.2) is 24.3 Å². The van der Waals surface area contributed by atoms with Crippen LogP contribution in [0.25, 0.3) is 0 Å². The molecule has 0 aliphatic rings. The lowest BCUT2D eigenvalue weighted by atomic mass is 10.1. The topological polar surface area (TPSA) is 74.6 Å². The van der Waals surface area contributed by atoms with Crippen molar-refractivity contribution in [1.29, 1.82) is 0 Å². The molecule has 0 saturated heterocycles. The lowest BCUT2D eigenvalue weighted by Crippen LogP contribution is -1.98. The molecule has 0 unspecified atom stereocenters. The van der Waals surface area contributed by atoms with Gasteiger partial charge in [-0.2, -0.15) is 0 Å². The summed E-state index contributed by atoms with van der Waals surface area (Å²) in [5, 5.41) is 16.4. The van der Waals surface area contributed by atoms with Crippen LogP contribution in [0.5, 0.6) is 0 Å². The fourth-order valence-corrected chi connectivity index (χ4v) is 1.05. The summed E-state index contributed by atoms with van der Waals surface area (Å²) in [5.41, 5.74) is 0.515. The summed E-state index contributed by atoms with van der Waals surface area (Å²) < 4.78 is 0. The zero-order valence-corrected chi connectivity index (χ0v) is 11.4. The summed E-state index contributed by atoms with van der Waals surface area (Å²) in [6, 6.07) is 0. The molecule has 0 fully saturated rings. The Morgan fingerprint density at radius 3 is 1.72 bits per heavy atom. The Hall–Kier alpha value is -1.58. The number of hydrogen-bond acceptors (Lipinski definition) is 2. The van der Waals surface area contributed by atoms with Crippen molar-refractivity contribution >= 4 is 11.9 Å². The van der Waals surface area contributed by atoms with Crippen molar-refractivity contribution in [3.63, 3.8) is 0 Å². The van der Waals surface area contributed by atoms with Crippen molar-refractivity contribution in [2.24, 2.45) is 0 Å². The molecule has 0 radical (unpaired) electrons. The first-order chi connectivity index (χ1) is 8.32. The van der Waals surface area contributed by atoms with Gasteiger partial charge < -0.3 is 10.2 Å². The standard InChI is InChI=1S/C10H18O2.C4H6O2/c1-3-4-5-6-7-8-9(2)10(11)12;1-3(2)4(5)6/h2-8H2,1H3,(H,11,12);1H2,2H3,(H,5,6). The van der Waals surface area contributed by atoms with Gasteiger partial charge in [0, 0.05) is 11.1 Å². The van der Waals surface area contributed by atoms with E-state index in [1.807, 2.05) is 0 Å². The maximum absolute atomic E-state index is 10.3. The molecule has 0 aromatic rings. The van der Waals surface area contributed by atoms with E-state index in [1.54, 1.807) is 0 Å². The molecule has 0 atom stereocenters. The van der Waals surface area contributed by atoms with Gasteiger partial charge in [0.2, 0.25) is 0 Å². The normalized spacial score (nSPS) is 9.00. The van der Waals surface area contributed by atoms with Crippen LogP contribution in [0, 0.1) is 0 Å². The highest BCUT2D eigenvalue weighted by molar-refractivity contribution is 5.85. The third-order valence-corrected chi connectivity index (χ3v) is 2.25. The van der Waals surface area contributed by atoms with E-state index in [1.165, 1.54) is 26.2 Å². The Labute approximate surface area is 109 Å². The molecule has 0 aliphatic heterocycles. The van der Waals surface area contributed by atoms with Crippen LogP contribution in [-0.2, 0) is 9.59 Å². The minimum Gasteiger partial charge on any atom is -0.478 e.